The van der Waals surface area contributed by atoms with Crippen LogP contribution in [0.1, 0.15) is 27.7 Å². The summed E-state index contributed by atoms with van der Waals surface area (Å²) in [6.07, 6.45) is 4.57. The lowest BCUT2D eigenvalue weighted by Gasteiger charge is -2.09. The number of nitrogens with zero attached hydrogens (tertiary/aromatic N) is 4. The molecule has 3 N–H and O–H groups in total. The minimum atomic E-state index is -3.74. The molecule has 8 nitrogen and oxygen atoms in total. The van der Waals surface area contributed by atoms with Crippen molar-refractivity contribution in [2.24, 2.45) is 0 Å². The Kier molecular flexibility index (Phi) is 8.75. The molecule has 0 spiro atoms. The molecule has 0 radical (unpaired) electrons. The number of pyridine rings is 1. The fourth-order valence-corrected chi connectivity index (χ4v) is 4.72. The summed E-state index contributed by atoms with van der Waals surface area (Å²) in [6.45, 7) is 8.00. The highest BCUT2D eigenvalue weighted by Crippen LogP contribution is 2.26. The number of benzene rings is 2. The molecule has 0 atom stereocenters. The number of rotatable bonds is 5. The van der Waals surface area contributed by atoms with E-state index in [0.29, 0.717) is 28.2 Å². The van der Waals surface area contributed by atoms with E-state index in [1.54, 1.807) is 48.7 Å². The van der Waals surface area contributed by atoms with E-state index in [9.17, 15) is 8.42 Å². The predicted molar refractivity (Wildman–Crippen MR) is 147 cm³/mol. The van der Waals surface area contributed by atoms with Crippen molar-refractivity contribution in [1.82, 2.24) is 18.9 Å². The number of aromatic nitrogens is 4. The van der Waals surface area contributed by atoms with E-state index < -0.39 is 10.0 Å². The minimum absolute atomic E-state index is 0.205. The molecule has 0 fully saturated rings. The van der Waals surface area contributed by atoms with E-state index in [4.69, 9.17) is 5.73 Å². The van der Waals surface area contributed by atoms with Crippen LogP contribution >= 0.6 is 0 Å². The van der Waals surface area contributed by atoms with E-state index in [-0.39, 0.29) is 4.90 Å². The van der Waals surface area contributed by atoms with Gasteiger partial charge in [-0.1, -0.05) is 52.0 Å². The van der Waals surface area contributed by atoms with Crippen molar-refractivity contribution in [3.63, 3.8) is 0 Å². The normalized spacial score (nSPS) is 10.6. The number of hydrogen-bond acceptors (Lipinski definition) is 7. The molecular weight excluding hydrogens is 472 g/mol. The number of nitrogen functional groups attached to an aromatic ring is 1. The van der Waals surface area contributed by atoms with Gasteiger partial charge in [0.1, 0.15) is 12.1 Å². The zero-order valence-corrected chi connectivity index (χ0v) is 21.6. The van der Waals surface area contributed by atoms with Crippen molar-refractivity contribution in [1.29, 1.82) is 0 Å². The summed E-state index contributed by atoms with van der Waals surface area (Å²) in [5.74, 6) is 0.602. The first kappa shape index (κ1) is 26.4. The van der Waals surface area contributed by atoms with Gasteiger partial charge in [0.15, 0.2) is 5.65 Å². The van der Waals surface area contributed by atoms with Crippen LogP contribution in [0, 0.1) is 0 Å². The van der Waals surface area contributed by atoms with Gasteiger partial charge in [-0.25, -0.2) is 27.3 Å². The van der Waals surface area contributed by atoms with Gasteiger partial charge < -0.3 is 11.1 Å². The maximum absolute atomic E-state index is 13.0. The Bertz CT molecular complexity index is 1530. The number of nitrogens with one attached hydrogen (secondary N) is 1. The molecular formula is C27H30N6O2S. The summed E-state index contributed by atoms with van der Waals surface area (Å²) in [7, 11) is -3.74. The van der Waals surface area contributed by atoms with Gasteiger partial charge in [-0.05, 0) is 42.5 Å². The second kappa shape index (κ2) is 11.9. The highest BCUT2D eigenvalue weighted by molar-refractivity contribution is 7.90. The topological polar surface area (TPSA) is 116 Å². The average molecular weight is 503 g/mol. The average Bonchev–Trinajstić information content (AvgIpc) is 3.36. The third kappa shape index (κ3) is 5.69. The second-order valence-electron chi connectivity index (χ2n) is 7.11. The summed E-state index contributed by atoms with van der Waals surface area (Å²) in [6, 6.07) is 21.0. The van der Waals surface area contributed by atoms with Crippen molar-refractivity contribution < 1.29 is 8.42 Å². The van der Waals surface area contributed by atoms with Gasteiger partial charge in [0, 0.05) is 40.8 Å². The van der Waals surface area contributed by atoms with Gasteiger partial charge in [-0.15, -0.1) is 0 Å². The van der Waals surface area contributed by atoms with Crippen molar-refractivity contribution in [3.8, 4) is 11.3 Å². The summed E-state index contributed by atoms with van der Waals surface area (Å²) in [5.41, 5.74) is 9.03. The first-order chi connectivity index (χ1) is 17.5. The van der Waals surface area contributed by atoms with Crippen LogP contribution in [0.15, 0.2) is 96.4 Å². The van der Waals surface area contributed by atoms with Gasteiger partial charge in [0.05, 0.1) is 10.6 Å². The van der Waals surface area contributed by atoms with E-state index >= 15 is 0 Å². The SMILES string of the molecule is CC.CC.Nc1cccc(Nc2cc(-c3cnc4c(ccn4S(=O)(=O)c4ccccc4)c3)ncn2)c1. The Morgan fingerprint density at radius 1 is 0.833 bits per heavy atom. The fraction of sp³-hybridized carbons (Fsp3) is 0.148. The first-order valence-electron chi connectivity index (χ1n) is 11.7. The van der Waals surface area contributed by atoms with E-state index in [1.165, 1.54) is 16.5 Å². The van der Waals surface area contributed by atoms with E-state index in [0.717, 1.165) is 11.3 Å². The summed E-state index contributed by atoms with van der Waals surface area (Å²) in [5, 5.41) is 3.89. The maximum atomic E-state index is 13.0. The largest absolute Gasteiger partial charge is 0.399 e. The molecule has 36 heavy (non-hydrogen) atoms. The van der Waals surface area contributed by atoms with Crippen molar-refractivity contribution in [2.75, 3.05) is 11.1 Å². The van der Waals surface area contributed by atoms with Gasteiger partial charge in [0.25, 0.3) is 10.0 Å². The Morgan fingerprint density at radius 2 is 1.58 bits per heavy atom. The Balaban J connectivity index is 0.000000861. The fourth-order valence-electron chi connectivity index (χ4n) is 3.39. The van der Waals surface area contributed by atoms with Crippen molar-refractivity contribution in [2.45, 2.75) is 32.6 Å². The Labute approximate surface area is 211 Å². The minimum Gasteiger partial charge on any atom is -0.399 e. The van der Waals surface area contributed by atoms with Crippen molar-refractivity contribution in [3.05, 3.63) is 91.5 Å². The maximum Gasteiger partial charge on any atom is 0.269 e. The molecule has 3 aromatic heterocycles. The zero-order chi connectivity index (χ0) is 26.1. The highest BCUT2D eigenvalue weighted by atomic mass is 32.2. The van der Waals surface area contributed by atoms with E-state index in [2.05, 4.69) is 20.3 Å². The molecule has 2 aromatic carbocycles. The zero-order valence-electron chi connectivity index (χ0n) is 20.8. The van der Waals surface area contributed by atoms with Gasteiger partial charge in [-0.3, -0.25) is 0 Å². The summed E-state index contributed by atoms with van der Waals surface area (Å²) >= 11 is 0. The Hall–Kier alpha value is -4.24. The quantitative estimate of drug-likeness (QED) is 0.279. The summed E-state index contributed by atoms with van der Waals surface area (Å²) < 4.78 is 27.2. The van der Waals surface area contributed by atoms with Crippen LogP contribution in [0.3, 0.4) is 0 Å². The highest BCUT2D eigenvalue weighted by Gasteiger charge is 2.19. The third-order valence-electron chi connectivity index (χ3n) is 4.92. The molecule has 5 rings (SSSR count). The lowest BCUT2D eigenvalue weighted by Crippen LogP contribution is -2.12. The molecule has 0 bridgehead atoms. The molecule has 186 valence electrons. The van der Waals surface area contributed by atoms with E-state index in [1.807, 2.05) is 58.0 Å². The lowest BCUT2D eigenvalue weighted by atomic mass is 10.1. The Morgan fingerprint density at radius 3 is 2.31 bits per heavy atom. The van der Waals surface area contributed by atoms with Gasteiger partial charge in [-0.2, -0.15) is 0 Å². The number of nitrogens with two attached hydrogens (primary N) is 1. The molecule has 0 aliphatic rings. The van der Waals surface area contributed by atoms with Crippen LogP contribution in [0.4, 0.5) is 17.2 Å². The van der Waals surface area contributed by atoms with Gasteiger partial charge >= 0.3 is 0 Å². The molecule has 9 heteroatoms. The van der Waals surface area contributed by atoms with Crippen LogP contribution in [-0.4, -0.2) is 27.3 Å². The predicted octanol–water partition coefficient (Wildman–Crippen LogP) is 6.11. The molecule has 0 aliphatic carbocycles. The number of fused-ring (bicyclic) bond motifs is 1. The summed E-state index contributed by atoms with van der Waals surface area (Å²) in [4.78, 5) is 13.2. The van der Waals surface area contributed by atoms with Crippen LogP contribution < -0.4 is 11.1 Å². The first-order valence-corrected chi connectivity index (χ1v) is 13.2. The standard InChI is InChI=1S/C23H18N6O2S.2C2H6/c24-18-5-4-6-19(12-18)28-22-13-21(26-15-27-22)17-11-16-9-10-29(23(16)25-14-17)32(30,31)20-7-2-1-3-8-20;2*1-2/h1-15H,24H2,(H,26,27,28);2*1-2H3. The molecule has 5 aromatic rings. The monoisotopic (exact) mass is 502 g/mol. The molecule has 0 aliphatic heterocycles. The van der Waals surface area contributed by atoms with Crippen LogP contribution in [0.5, 0.6) is 0 Å². The lowest BCUT2D eigenvalue weighted by molar-refractivity contribution is 0.589. The number of anilines is 3. The van der Waals surface area contributed by atoms with Crippen LogP contribution in [0.2, 0.25) is 0 Å². The molecule has 0 unspecified atom stereocenters. The molecule has 0 amide bonds. The number of hydrogen-bond donors (Lipinski definition) is 2. The third-order valence-corrected chi connectivity index (χ3v) is 6.60. The van der Waals surface area contributed by atoms with Crippen molar-refractivity contribution >= 4 is 38.2 Å². The second-order valence-corrected chi connectivity index (χ2v) is 8.92. The van der Waals surface area contributed by atoms with Crippen LogP contribution in [0.25, 0.3) is 22.3 Å². The molecule has 3 heterocycles. The molecule has 0 saturated heterocycles. The van der Waals surface area contributed by atoms with Crippen LogP contribution in [-0.2, 0) is 10.0 Å². The smallest absolute Gasteiger partial charge is 0.269 e. The molecule has 0 saturated carbocycles. The van der Waals surface area contributed by atoms with Gasteiger partial charge in [0.2, 0.25) is 0 Å².